The molecule has 0 aromatic heterocycles. The highest BCUT2D eigenvalue weighted by molar-refractivity contribution is 14.2. The second-order valence-corrected chi connectivity index (χ2v) is 5.26. The first-order chi connectivity index (χ1) is 6.05. The summed E-state index contributed by atoms with van der Waals surface area (Å²) in [6.07, 6.45) is 0. The molecule has 0 fully saturated rings. The lowest BCUT2D eigenvalue weighted by Gasteiger charge is -2.21. The number of halogens is 1. The number of benzene rings is 1. The highest BCUT2D eigenvalue weighted by Gasteiger charge is 2.18. The van der Waals surface area contributed by atoms with Crippen LogP contribution in [0.3, 0.4) is 0 Å². The Kier molecular flexibility index (Phi) is 3.91. The Morgan fingerprint density at radius 1 is 1.23 bits per heavy atom. The Labute approximate surface area is 96.0 Å². The minimum atomic E-state index is 0.142. The fourth-order valence-electron chi connectivity index (χ4n) is 1.19. The van der Waals surface area contributed by atoms with E-state index in [-0.39, 0.29) is 5.41 Å². The van der Waals surface area contributed by atoms with Gasteiger partial charge in [0.05, 0.1) is 0 Å². The topological polar surface area (TPSA) is 9.23 Å². The van der Waals surface area contributed by atoms with Gasteiger partial charge in [-0.1, -0.05) is 39.0 Å². The zero-order valence-corrected chi connectivity index (χ0v) is 11.0. The van der Waals surface area contributed by atoms with Crippen molar-refractivity contribution in [2.75, 3.05) is 0 Å². The molecule has 0 bridgehead atoms. The third-order valence-corrected chi connectivity index (χ3v) is 2.60. The van der Waals surface area contributed by atoms with Crippen molar-refractivity contribution < 1.29 is 4.18 Å². The summed E-state index contributed by atoms with van der Waals surface area (Å²) < 4.78 is 5.47. The van der Waals surface area contributed by atoms with Gasteiger partial charge >= 0.3 is 0 Å². The zero-order chi connectivity index (χ0) is 9.90. The summed E-state index contributed by atoms with van der Waals surface area (Å²) in [4.78, 5) is 0. The largest absolute Gasteiger partial charge is 0.415 e. The molecule has 0 aliphatic rings. The molecule has 1 aromatic carbocycles. The fraction of sp³-hybridized carbons (Fsp3) is 0.400. The van der Waals surface area contributed by atoms with Crippen LogP contribution in [0.1, 0.15) is 26.3 Å². The van der Waals surface area contributed by atoms with Gasteiger partial charge < -0.3 is 4.18 Å². The zero-order valence-electron chi connectivity index (χ0n) is 8.00. The number of para-hydroxylation sites is 1. The highest BCUT2D eigenvalue weighted by Crippen LogP contribution is 2.33. The molecule has 0 amide bonds. The van der Waals surface area contributed by atoms with Crippen molar-refractivity contribution in [2.24, 2.45) is 0 Å². The SMILES string of the molecule is CC(C)(C)c1ccccc1OSI. The molecule has 1 rings (SSSR count). The van der Waals surface area contributed by atoms with Crippen LogP contribution in [0.4, 0.5) is 0 Å². The first-order valence-corrected chi connectivity index (χ1v) is 7.39. The third kappa shape index (κ3) is 3.06. The van der Waals surface area contributed by atoms with Crippen LogP contribution in [-0.2, 0) is 5.41 Å². The average Bonchev–Trinajstić information content (AvgIpc) is 2.04. The predicted octanol–water partition coefficient (Wildman–Crippen LogP) is 4.36. The molecule has 0 aliphatic carbocycles. The maximum absolute atomic E-state index is 5.47. The van der Waals surface area contributed by atoms with E-state index in [1.165, 1.54) is 14.8 Å². The van der Waals surface area contributed by atoms with Crippen molar-refractivity contribution in [3.8, 4) is 5.75 Å². The first kappa shape index (κ1) is 11.2. The van der Waals surface area contributed by atoms with Crippen molar-refractivity contribution in [1.29, 1.82) is 0 Å². The molecule has 0 unspecified atom stereocenters. The van der Waals surface area contributed by atoms with Gasteiger partial charge in [-0.25, -0.2) is 0 Å². The minimum Gasteiger partial charge on any atom is -0.415 e. The maximum atomic E-state index is 5.47. The van der Waals surface area contributed by atoms with Gasteiger partial charge in [-0.15, -0.1) is 0 Å². The van der Waals surface area contributed by atoms with Gasteiger partial charge in [0.2, 0.25) is 0 Å². The minimum absolute atomic E-state index is 0.142. The van der Waals surface area contributed by atoms with E-state index < -0.39 is 0 Å². The van der Waals surface area contributed by atoms with E-state index in [4.69, 9.17) is 4.18 Å². The molecule has 0 aliphatic heterocycles. The van der Waals surface area contributed by atoms with E-state index in [0.717, 1.165) is 5.75 Å². The second-order valence-electron chi connectivity index (χ2n) is 3.89. The Morgan fingerprint density at radius 2 is 1.85 bits per heavy atom. The smallest absolute Gasteiger partial charge is 0.142 e. The lowest BCUT2D eigenvalue weighted by molar-refractivity contribution is 0.549. The lowest BCUT2D eigenvalue weighted by atomic mass is 9.86. The lowest BCUT2D eigenvalue weighted by Crippen LogP contribution is -2.11. The Balaban J connectivity index is 3.05. The van der Waals surface area contributed by atoms with Crippen LogP contribution in [-0.4, -0.2) is 0 Å². The molecule has 1 nitrogen and oxygen atoms in total. The predicted molar refractivity (Wildman–Crippen MR) is 67.4 cm³/mol. The summed E-state index contributed by atoms with van der Waals surface area (Å²) in [5.41, 5.74) is 1.39. The standard InChI is InChI=1S/C10H13IOS/c1-10(2,3)8-6-4-5-7-9(8)12-13-11/h4-7H,1-3H3. The van der Waals surface area contributed by atoms with Crippen molar-refractivity contribution in [3.63, 3.8) is 0 Å². The van der Waals surface area contributed by atoms with E-state index in [1.54, 1.807) is 0 Å². The van der Waals surface area contributed by atoms with Crippen LogP contribution >= 0.6 is 30.4 Å². The van der Waals surface area contributed by atoms with E-state index in [1.807, 2.05) is 18.2 Å². The molecule has 72 valence electrons. The molecule has 1 aromatic rings. The van der Waals surface area contributed by atoms with Gasteiger partial charge in [0.25, 0.3) is 0 Å². The van der Waals surface area contributed by atoms with Crippen LogP contribution in [0.2, 0.25) is 0 Å². The first-order valence-electron chi connectivity index (χ1n) is 4.10. The quantitative estimate of drug-likeness (QED) is 0.593. The molecular weight excluding hydrogens is 295 g/mol. The van der Waals surface area contributed by atoms with Crippen molar-refractivity contribution >= 4 is 30.4 Å². The van der Waals surface area contributed by atoms with Gasteiger partial charge in [0.1, 0.15) is 15.0 Å². The number of hydrogen-bond donors (Lipinski definition) is 0. The van der Waals surface area contributed by atoms with Gasteiger partial charge in [0, 0.05) is 26.8 Å². The van der Waals surface area contributed by atoms with Gasteiger partial charge in [-0.3, -0.25) is 0 Å². The fourth-order valence-corrected chi connectivity index (χ4v) is 1.99. The Morgan fingerprint density at radius 3 is 2.38 bits per heavy atom. The van der Waals surface area contributed by atoms with Crippen molar-refractivity contribution in [1.82, 2.24) is 0 Å². The van der Waals surface area contributed by atoms with Crippen molar-refractivity contribution in [2.45, 2.75) is 26.2 Å². The Bertz CT molecular complexity index is 280. The monoisotopic (exact) mass is 308 g/mol. The van der Waals surface area contributed by atoms with Crippen molar-refractivity contribution in [3.05, 3.63) is 29.8 Å². The van der Waals surface area contributed by atoms with E-state index in [2.05, 4.69) is 48.0 Å². The average molecular weight is 308 g/mol. The Hall–Kier alpha value is 0.100. The van der Waals surface area contributed by atoms with Crippen LogP contribution < -0.4 is 4.18 Å². The molecule has 0 saturated heterocycles. The summed E-state index contributed by atoms with van der Waals surface area (Å²) in [6, 6.07) is 8.16. The second kappa shape index (κ2) is 4.55. The summed E-state index contributed by atoms with van der Waals surface area (Å²) in [5, 5.41) is 0. The number of hydrogen-bond acceptors (Lipinski definition) is 2. The summed E-state index contributed by atoms with van der Waals surface area (Å²) in [7, 11) is 1.35. The third-order valence-electron chi connectivity index (χ3n) is 1.82. The van der Waals surface area contributed by atoms with E-state index >= 15 is 0 Å². The normalized spacial score (nSPS) is 11.4. The summed E-state index contributed by atoms with van der Waals surface area (Å²) >= 11 is 2.13. The molecule has 0 heterocycles. The van der Waals surface area contributed by atoms with E-state index in [0.29, 0.717) is 0 Å². The van der Waals surface area contributed by atoms with E-state index in [9.17, 15) is 0 Å². The molecule has 0 saturated carbocycles. The van der Waals surface area contributed by atoms with Gasteiger partial charge in [0.15, 0.2) is 0 Å². The van der Waals surface area contributed by atoms with Crippen LogP contribution in [0.25, 0.3) is 0 Å². The summed E-state index contributed by atoms with van der Waals surface area (Å²) in [6.45, 7) is 6.56. The van der Waals surface area contributed by atoms with Gasteiger partial charge in [-0.05, 0) is 11.5 Å². The molecule has 0 atom stereocenters. The van der Waals surface area contributed by atoms with Gasteiger partial charge in [-0.2, -0.15) is 0 Å². The molecule has 13 heavy (non-hydrogen) atoms. The van der Waals surface area contributed by atoms with Crippen LogP contribution in [0.5, 0.6) is 5.75 Å². The maximum Gasteiger partial charge on any atom is 0.142 e. The molecule has 0 N–H and O–H groups in total. The molecule has 0 radical (unpaired) electrons. The van der Waals surface area contributed by atoms with Crippen LogP contribution in [0.15, 0.2) is 24.3 Å². The van der Waals surface area contributed by atoms with Crippen LogP contribution in [0, 0.1) is 0 Å². The summed E-state index contributed by atoms with van der Waals surface area (Å²) in [5.74, 6) is 0.967. The molecule has 3 heteroatoms. The highest BCUT2D eigenvalue weighted by atomic mass is 127. The number of rotatable bonds is 2. The molecule has 0 spiro atoms. The molecular formula is C10H13IOS.